The second kappa shape index (κ2) is 10.7. The smallest absolute Gasteiger partial charge is 0.356 e. The van der Waals surface area contributed by atoms with E-state index < -0.39 is 36.2 Å². The van der Waals surface area contributed by atoms with Crippen LogP contribution in [-0.4, -0.2) is 53.5 Å². The summed E-state index contributed by atoms with van der Waals surface area (Å²) in [5.74, 6) is -3.52. The van der Waals surface area contributed by atoms with Crippen LogP contribution in [0.25, 0.3) is 0 Å². The summed E-state index contributed by atoms with van der Waals surface area (Å²) in [6.45, 7) is -0.294. The Morgan fingerprint density at radius 2 is 1.40 bits per heavy atom. The molecule has 2 aromatic carbocycles. The van der Waals surface area contributed by atoms with Gasteiger partial charge in [0.15, 0.2) is 0 Å². The fraction of sp³-hybridized carbons (Fsp3) is 0.200. The van der Waals surface area contributed by atoms with E-state index in [4.69, 9.17) is 4.74 Å². The van der Waals surface area contributed by atoms with Gasteiger partial charge in [0, 0.05) is 11.1 Å². The normalized spacial score (nSPS) is 12.2. The number of hydrogen-bond donors (Lipinski definition) is 4. The summed E-state index contributed by atoms with van der Waals surface area (Å²) in [5, 5.41) is 23.4. The number of aliphatic hydroxyl groups is 2. The first-order chi connectivity index (χ1) is 14.3. The highest BCUT2D eigenvalue weighted by atomic mass is 16.6. The molecule has 2 amide bonds. The average molecular weight is 416 g/mol. The van der Waals surface area contributed by atoms with Crippen molar-refractivity contribution in [1.82, 2.24) is 10.6 Å². The first kappa shape index (κ1) is 22.5. The lowest BCUT2D eigenvalue weighted by molar-refractivity contribution is -0.156. The van der Waals surface area contributed by atoms with Crippen LogP contribution in [-0.2, 0) is 25.7 Å². The van der Waals surface area contributed by atoms with E-state index in [0.29, 0.717) is 5.56 Å². The third-order valence-electron chi connectivity index (χ3n) is 3.79. The Kier molecular flexibility index (Phi) is 8.03. The van der Waals surface area contributed by atoms with E-state index in [1.54, 1.807) is 24.3 Å². The zero-order valence-corrected chi connectivity index (χ0v) is 15.9. The highest BCUT2D eigenvalue weighted by Gasteiger charge is 2.21. The maximum Gasteiger partial charge on any atom is 0.356 e. The van der Waals surface area contributed by atoms with Crippen LogP contribution in [0.1, 0.15) is 26.3 Å². The Balaban J connectivity index is 1.90. The molecular formula is C20H20N2O8. The van der Waals surface area contributed by atoms with Crippen LogP contribution >= 0.6 is 0 Å². The third kappa shape index (κ3) is 6.40. The number of hydrogen-bond acceptors (Lipinski definition) is 8. The summed E-state index contributed by atoms with van der Waals surface area (Å²) >= 11 is 0. The van der Waals surface area contributed by atoms with Gasteiger partial charge >= 0.3 is 11.9 Å². The topological polar surface area (TPSA) is 151 Å². The van der Waals surface area contributed by atoms with Crippen LogP contribution in [0.15, 0.2) is 54.6 Å². The summed E-state index contributed by atoms with van der Waals surface area (Å²) in [7, 11) is 1.06. The molecule has 2 aromatic rings. The van der Waals surface area contributed by atoms with Crippen molar-refractivity contribution in [1.29, 1.82) is 0 Å². The van der Waals surface area contributed by atoms with Crippen LogP contribution in [0.5, 0.6) is 0 Å². The predicted molar refractivity (Wildman–Crippen MR) is 102 cm³/mol. The summed E-state index contributed by atoms with van der Waals surface area (Å²) in [6.07, 6.45) is -3.70. The average Bonchev–Trinajstić information content (AvgIpc) is 2.77. The molecule has 2 unspecified atom stereocenters. The quantitative estimate of drug-likeness (QED) is 0.338. The van der Waals surface area contributed by atoms with Gasteiger partial charge in [0.2, 0.25) is 12.5 Å². The van der Waals surface area contributed by atoms with Gasteiger partial charge in [0.05, 0.1) is 7.11 Å². The first-order valence-corrected chi connectivity index (χ1v) is 8.68. The Labute approximate surface area is 171 Å². The van der Waals surface area contributed by atoms with Crippen molar-refractivity contribution < 1.29 is 38.9 Å². The van der Waals surface area contributed by atoms with E-state index >= 15 is 0 Å². The number of benzene rings is 2. The molecule has 0 aromatic heterocycles. The molecule has 4 N–H and O–H groups in total. The maximum absolute atomic E-state index is 12.1. The zero-order chi connectivity index (χ0) is 22.1. The van der Waals surface area contributed by atoms with E-state index in [1.807, 2.05) is 5.32 Å². The summed E-state index contributed by atoms with van der Waals surface area (Å²) < 4.78 is 9.24. The molecule has 0 aliphatic carbocycles. The molecule has 158 valence electrons. The van der Waals surface area contributed by atoms with Crippen LogP contribution in [0, 0.1) is 0 Å². The number of aliphatic hydroxyl groups excluding tert-OH is 2. The highest BCUT2D eigenvalue weighted by Crippen LogP contribution is 2.08. The third-order valence-corrected chi connectivity index (χ3v) is 3.79. The van der Waals surface area contributed by atoms with Gasteiger partial charge in [0.1, 0.15) is 6.61 Å². The van der Waals surface area contributed by atoms with Crippen molar-refractivity contribution in [2.24, 2.45) is 0 Å². The van der Waals surface area contributed by atoms with Crippen molar-refractivity contribution in [3.8, 4) is 0 Å². The van der Waals surface area contributed by atoms with Crippen molar-refractivity contribution in [3.63, 3.8) is 0 Å². The van der Waals surface area contributed by atoms with Crippen molar-refractivity contribution >= 4 is 23.8 Å². The number of esters is 2. The van der Waals surface area contributed by atoms with E-state index in [9.17, 15) is 29.4 Å². The van der Waals surface area contributed by atoms with Crippen LogP contribution in [0.2, 0.25) is 0 Å². The molecule has 0 saturated heterocycles. The second-order valence-electron chi connectivity index (χ2n) is 5.95. The summed E-state index contributed by atoms with van der Waals surface area (Å²) in [6, 6.07) is 13.8. The number of nitrogens with one attached hydrogen (secondary N) is 2. The van der Waals surface area contributed by atoms with E-state index in [-0.39, 0.29) is 17.7 Å². The molecule has 10 nitrogen and oxygen atoms in total. The minimum atomic E-state index is -1.88. The monoisotopic (exact) mass is 416 g/mol. The Morgan fingerprint density at radius 1 is 0.833 bits per heavy atom. The maximum atomic E-state index is 12.1. The van der Waals surface area contributed by atoms with E-state index in [1.165, 1.54) is 30.3 Å². The molecule has 0 aliphatic rings. The van der Waals surface area contributed by atoms with Gasteiger partial charge in [-0.1, -0.05) is 30.3 Å². The van der Waals surface area contributed by atoms with Gasteiger partial charge in [0.25, 0.3) is 11.8 Å². The molecule has 2 rings (SSSR count). The van der Waals surface area contributed by atoms with Gasteiger partial charge < -0.3 is 30.3 Å². The molecular weight excluding hydrogens is 396 g/mol. The highest BCUT2D eigenvalue weighted by molar-refractivity contribution is 5.97. The zero-order valence-electron chi connectivity index (χ0n) is 15.9. The standard InChI is InChI=1S/C20H20N2O8/c1-29-19(27)17(25)22-16(24)14-9-5-6-12(10-14)11-30-20(28)18(26)21-15(23)13-7-3-2-4-8-13/h2-10,17-18,25-26H,11H2,1H3,(H,21,23)(H,22,24). The molecule has 0 spiro atoms. The SMILES string of the molecule is COC(=O)C(O)NC(=O)c1cccc(COC(=O)C(O)NC(=O)c2ccccc2)c1. The molecule has 30 heavy (non-hydrogen) atoms. The molecule has 0 saturated carbocycles. The Hall–Kier alpha value is -3.76. The predicted octanol–water partition coefficient (Wildman–Crippen LogP) is -0.301. The van der Waals surface area contributed by atoms with Gasteiger partial charge in [-0.05, 0) is 29.8 Å². The molecule has 2 atom stereocenters. The largest absolute Gasteiger partial charge is 0.466 e. The lowest BCUT2D eigenvalue weighted by Crippen LogP contribution is -2.41. The molecule has 10 heteroatoms. The minimum absolute atomic E-state index is 0.0874. The fourth-order valence-electron chi connectivity index (χ4n) is 2.27. The minimum Gasteiger partial charge on any atom is -0.466 e. The molecule has 0 radical (unpaired) electrons. The number of carbonyl (C=O) groups excluding carboxylic acids is 4. The Morgan fingerprint density at radius 3 is 2.03 bits per heavy atom. The number of ether oxygens (including phenoxy) is 2. The van der Waals surface area contributed by atoms with Crippen LogP contribution < -0.4 is 10.6 Å². The molecule has 0 fully saturated rings. The second-order valence-corrected chi connectivity index (χ2v) is 5.95. The molecule has 0 aliphatic heterocycles. The van der Waals surface area contributed by atoms with Crippen molar-refractivity contribution in [3.05, 3.63) is 71.3 Å². The number of carbonyl (C=O) groups is 4. The molecule has 0 bridgehead atoms. The van der Waals surface area contributed by atoms with Gasteiger partial charge in [-0.2, -0.15) is 0 Å². The van der Waals surface area contributed by atoms with E-state index in [0.717, 1.165) is 7.11 Å². The van der Waals surface area contributed by atoms with Crippen molar-refractivity contribution in [2.45, 2.75) is 19.1 Å². The van der Waals surface area contributed by atoms with Crippen molar-refractivity contribution in [2.75, 3.05) is 7.11 Å². The summed E-state index contributed by atoms with van der Waals surface area (Å²) in [5.41, 5.74) is 0.742. The van der Waals surface area contributed by atoms with E-state index in [2.05, 4.69) is 10.1 Å². The van der Waals surface area contributed by atoms with Gasteiger partial charge in [-0.3, -0.25) is 9.59 Å². The lowest BCUT2D eigenvalue weighted by atomic mass is 10.1. The Bertz CT molecular complexity index is 916. The summed E-state index contributed by atoms with van der Waals surface area (Å²) in [4.78, 5) is 47.1. The van der Waals surface area contributed by atoms with Crippen LogP contribution in [0.3, 0.4) is 0 Å². The number of methoxy groups -OCH3 is 1. The van der Waals surface area contributed by atoms with Gasteiger partial charge in [-0.15, -0.1) is 0 Å². The van der Waals surface area contributed by atoms with Gasteiger partial charge in [-0.25, -0.2) is 9.59 Å². The number of amides is 2. The number of rotatable bonds is 8. The first-order valence-electron chi connectivity index (χ1n) is 8.68. The lowest BCUT2D eigenvalue weighted by Gasteiger charge is -2.13. The fourth-order valence-corrected chi connectivity index (χ4v) is 2.27. The molecule has 0 heterocycles. The van der Waals surface area contributed by atoms with Crippen LogP contribution in [0.4, 0.5) is 0 Å².